The van der Waals surface area contributed by atoms with Gasteiger partial charge in [-0.1, -0.05) is 0 Å². The zero-order valence-corrected chi connectivity index (χ0v) is 12.2. The molecular formula is C15H24N2O. The second kappa shape index (κ2) is 5.01. The molecular weight excluding hydrogens is 224 g/mol. The minimum Gasteiger partial charge on any atom is -0.380 e. The van der Waals surface area contributed by atoms with Crippen molar-refractivity contribution in [3.8, 4) is 0 Å². The second-order valence-corrected chi connectivity index (χ2v) is 6.66. The molecule has 0 aliphatic heterocycles. The van der Waals surface area contributed by atoms with Crippen LogP contribution in [0.25, 0.3) is 0 Å². The Morgan fingerprint density at radius 2 is 1.39 bits per heavy atom. The van der Waals surface area contributed by atoms with E-state index in [1.807, 2.05) is 45.0 Å². The number of hydrogen-bond acceptors (Lipinski definition) is 2. The maximum absolute atomic E-state index is 11.9. The lowest BCUT2D eigenvalue weighted by Gasteiger charge is -2.23. The zero-order chi connectivity index (χ0) is 14.0. The fraction of sp³-hybridized carbons (Fsp3) is 0.533. The average molecular weight is 248 g/mol. The van der Waals surface area contributed by atoms with Gasteiger partial charge in [0.15, 0.2) is 0 Å². The largest absolute Gasteiger partial charge is 0.380 e. The molecule has 0 radical (unpaired) electrons. The maximum Gasteiger partial charge on any atom is 0.251 e. The first-order valence-electron chi connectivity index (χ1n) is 6.28. The molecule has 1 rings (SSSR count). The van der Waals surface area contributed by atoms with Crippen molar-refractivity contribution < 1.29 is 4.79 Å². The van der Waals surface area contributed by atoms with Gasteiger partial charge in [0.1, 0.15) is 0 Å². The smallest absolute Gasteiger partial charge is 0.251 e. The summed E-state index contributed by atoms with van der Waals surface area (Å²) in [5, 5.41) is 6.31. The molecule has 2 N–H and O–H groups in total. The van der Waals surface area contributed by atoms with E-state index >= 15 is 0 Å². The van der Waals surface area contributed by atoms with E-state index in [2.05, 4.69) is 31.4 Å². The fourth-order valence-corrected chi connectivity index (χ4v) is 1.55. The molecule has 100 valence electrons. The Balaban J connectivity index is 2.74. The van der Waals surface area contributed by atoms with E-state index in [-0.39, 0.29) is 17.0 Å². The number of nitrogens with one attached hydrogen (secondary N) is 2. The van der Waals surface area contributed by atoms with Crippen LogP contribution < -0.4 is 10.6 Å². The van der Waals surface area contributed by atoms with Crippen molar-refractivity contribution >= 4 is 11.6 Å². The van der Waals surface area contributed by atoms with Crippen LogP contribution in [-0.4, -0.2) is 17.0 Å². The SMILES string of the molecule is CC(C)(C)NC(=O)c1ccc(NC(C)(C)C)cc1. The molecule has 1 aromatic rings. The first kappa shape index (κ1) is 14.6. The molecule has 3 heteroatoms. The lowest BCUT2D eigenvalue weighted by Crippen LogP contribution is -2.40. The highest BCUT2D eigenvalue weighted by atomic mass is 16.1. The van der Waals surface area contributed by atoms with E-state index in [0.717, 1.165) is 5.69 Å². The van der Waals surface area contributed by atoms with Crippen molar-refractivity contribution in [1.82, 2.24) is 5.32 Å². The molecule has 1 aromatic carbocycles. The number of carbonyl (C=O) groups excluding carboxylic acids is 1. The monoisotopic (exact) mass is 248 g/mol. The highest BCUT2D eigenvalue weighted by molar-refractivity contribution is 5.94. The Labute approximate surface area is 110 Å². The predicted molar refractivity (Wildman–Crippen MR) is 77.0 cm³/mol. The summed E-state index contributed by atoms with van der Waals surface area (Å²) >= 11 is 0. The van der Waals surface area contributed by atoms with Crippen LogP contribution in [0, 0.1) is 0 Å². The first-order chi connectivity index (χ1) is 8.07. The van der Waals surface area contributed by atoms with Crippen LogP contribution in [0.2, 0.25) is 0 Å². The van der Waals surface area contributed by atoms with Crippen molar-refractivity contribution in [2.24, 2.45) is 0 Å². The normalized spacial score (nSPS) is 12.1. The van der Waals surface area contributed by atoms with Crippen molar-refractivity contribution in [1.29, 1.82) is 0 Å². The van der Waals surface area contributed by atoms with Gasteiger partial charge in [0, 0.05) is 22.3 Å². The first-order valence-corrected chi connectivity index (χ1v) is 6.28. The van der Waals surface area contributed by atoms with Gasteiger partial charge < -0.3 is 10.6 Å². The van der Waals surface area contributed by atoms with Crippen molar-refractivity contribution in [3.05, 3.63) is 29.8 Å². The number of rotatable bonds is 2. The molecule has 1 amide bonds. The van der Waals surface area contributed by atoms with Gasteiger partial charge in [-0.15, -0.1) is 0 Å². The highest BCUT2D eigenvalue weighted by Gasteiger charge is 2.15. The number of hydrogen-bond donors (Lipinski definition) is 2. The van der Waals surface area contributed by atoms with Crippen LogP contribution in [0.4, 0.5) is 5.69 Å². The number of amides is 1. The summed E-state index contributed by atoms with van der Waals surface area (Å²) in [5.41, 5.74) is 1.52. The predicted octanol–water partition coefficient (Wildman–Crippen LogP) is 3.43. The Morgan fingerprint density at radius 3 is 1.78 bits per heavy atom. The molecule has 0 spiro atoms. The van der Waals surface area contributed by atoms with Gasteiger partial charge in [-0.2, -0.15) is 0 Å². The van der Waals surface area contributed by atoms with Crippen molar-refractivity contribution in [3.63, 3.8) is 0 Å². The average Bonchev–Trinajstić information content (AvgIpc) is 2.13. The summed E-state index contributed by atoms with van der Waals surface area (Å²) in [7, 11) is 0. The summed E-state index contributed by atoms with van der Waals surface area (Å²) in [6.45, 7) is 12.2. The van der Waals surface area contributed by atoms with Gasteiger partial charge in [0.05, 0.1) is 0 Å². The number of carbonyl (C=O) groups is 1. The summed E-state index contributed by atoms with van der Waals surface area (Å²) in [6.07, 6.45) is 0. The summed E-state index contributed by atoms with van der Waals surface area (Å²) < 4.78 is 0. The van der Waals surface area contributed by atoms with Gasteiger partial charge in [-0.3, -0.25) is 4.79 Å². The third-order valence-corrected chi connectivity index (χ3v) is 2.15. The zero-order valence-electron chi connectivity index (χ0n) is 12.2. The van der Waals surface area contributed by atoms with E-state index in [4.69, 9.17) is 0 Å². The topological polar surface area (TPSA) is 41.1 Å². The van der Waals surface area contributed by atoms with Crippen LogP contribution in [0.1, 0.15) is 51.9 Å². The van der Waals surface area contributed by atoms with Crippen molar-refractivity contribution in [2.75, 3.05) is 5.32 Å². The third kappa shape index (κ3) is 5.21. The lowest BCUT2D eigenvalue weighted by atomic mass is 10.1. The van der Waals surface area contributed by atoms with E-state index in [1.54, 1.807) is 0 Å². The molecule has 0 unspecified atom stereocenters. The number of anilines is 1. The molecule has 18 heavy (non-hydrogen) atoms. The fourth-order valence-electron chi connectivity index (χ4n) is 1.55. The molecule has 0 atom stereocenters. The van der Waals surface area contributed by atoms with Gasteiger partial charge in [0.25, 0.3) is 5.91 Å². The van der Waals surface area contributed by atoms with Crippen LogP contribution in [0.5, 0.6) is 0 Å². The summed E-state index contributed by atoms with van der Waals surface area (Å²) in [4.78, 5) is 11.9. The van der Waals surface area contributed by atoms with Gasteiger partial charge >= 0.3 is 0 Å². The summed E-state index contributed by atoms with van der Waals surface area (Å²) in [6, 6.07) is 7.55. The van der Waals surface area contributed by atoms with Gasteiger partial charge in [-0.05, 0) is 65.8 Å². The number of benzene rings is 1. The maximum atomic E-state index is 11.9. The van der Waals surface area contributed by atoms with E-state index < -0.39 is 0 Å². The van der Waals surface area contributed by atoms with Crippen LogP contribution in [0.3, 0.4) is 0 Å². The lowest BCUT2D eigenvalue weighted by molar-refractivity contribution is 0.0919. The molecule has 0 fully saturated rings. The van der Waals surface area contributed by atoms with E-state index in [0.29, 0.717) is 5.56 Å². The molecule has 0 saturated heterocycles. The van der Waals surface area contributed by atoms with Gasteiger partial charge in [-0.25, -0.2) is 0 Å². The molecule has 0 heterocycles. The second-order valence-electron chi connectivity index (χ2n) is 6.66. The minimum atomic E-state index is -0.209. The molecule has 3 nitrogen and oxygen atoms in total. The van der Waals surface area contributed by atoms with Crippen LogP contribution in [-0.2, 0) is 0 Å². The van der Waals surface area contributed by atoms with Crippen LogP contribution in [0.15, 0.2) is 24.3 Å². The molecule has 0 bridgehead atoms. The minimum absolute atomic E-state index is 0.0230. The van der Waals surface area contributed by atoms with E-state index in [9.17, 15) is 4.79 Å². The highest BCUT2D eigenvalue weighted by Crippen LogP contribution is 2.15. The van der Waals surface area contributed by atoms with Crippen molar-refractivity contribution in [2.45, 2.75) is 52.6 Å². The molecule has 0 aliphatic carbocycles. The Kier molecular flexibility index (Phi) is 4.05. The van der Waals surface area contributed by atoms with Gasteiger partial charge in [0.2, 0.25) is 0 Å². The molecule has 0 aromatic heterocycles. The standard InChI is InChI=1S/C15H24N2O/c1-14(2,3)16-12-9-7-11(8-10-12)13(18)17-15(4,5)6/h7-10,16H,1-6H3,(H,17,18). The third-order valence-electron chi connectivity index (χ3n) is 2.15. The van der Waals surface area contributed by atoms with Crippen LogP contribution >= 0.6 is 0 Å². The quantitative estimate of drug-likeness (QED) is 0.842. The molecule has 0 aliphatic rings. The Hall–Kier alpha value is -1.51. The molecule has 0 saturated carbocycles. The Morgan fingerprint density at radius 1 is 0.889 bits per heavy atom. The summed E-state index contributed by atoms with van der Waals surface area (Å²) in [5.74, 6) is -0.0372. The Bertz CT molecular complexity index is 408. The van der Waals surface area contributed by atoms with E-state index in [1.165, 1.54) is 0 Å².